The summed E-state index contributed by atoms with van der Waals surface area (Å²) in [5.74, 6) is -1.28. The number of halogens is 3. The van der Waals surface area contributed by atoms with Crippen LogP contribution in [0.25, 0.3) is 10.1 Å². The van der Waals surface area contributed by atoms with Crippen LogP contribution in [-0.2, 0) is 0 Å². The van der Waals surface area contributed by atoms with Crippen molar-refractivity contribution in [3.63, 3.8) is 0 Å². The molecule has 2 heterocycles. The molecular formula is C24H13Cl2IN2O3S. The van der Waals surface area contributed by atoms with Crippen molar-refractivity contribution in [3.8, 4) is 0 Å². The quantitative estimate of drug-likeness (QED) is 0.192. The van der Waals surface area contributed by atoms with Crippen molar-refractivity contribution in [3.05, 3.63) is 96.3 Å². The largest absolute Gasteiger partial charge is 0.289 e. The highest BCUT2D eigenvalue weighted by atomic mass is 127. The lowest BCUT2D eigenvalue weighted by Gasteiger charge is -2.27. The normalized spacial score (nSPS) is 13.0. The third kappa shape index (κ3) is 3.93. The van der Waals surface area contributed by atoms with Crippen molar-refractivity contribution < 1.29 is 14.4 Å². The number of fused-ring (bicyclic) bond motifs is 2. The Labute approximate surface area is 216 Å². The van der Waals surface area contributed by atoms with Crippen LogP contribution in [0.5, 0.6) is 0 Å². The SMILES string of the molecule is O=C1c2ccccc2C(=O)N1CN(C(=O)c1sc2cc(Cl)ccc2c1Cl)c1ccc(I)cc1. The van der Waals surface area contributed by atoms with Crippen LogP contribution >= 0.6 is 57.1 Å². The van der Waals surface area contributed by atoms with E-state index in [0.29, 0.717) is 31.7 Å². The van der Waals surface area contributed by atoms with Gasteiger partial charge in [-0.3, -0.25) is 24.2 Å². The summed E-state index contributed by atoms with van der Waals surface area (Å²) in [5, 5.41) is 1.58. The first kappa shape index (κ1) is 22.3. The molecule has 5 nitrogen and oxygen atoms in total. The van der Waals surface area contributed by atoms with Gasteiger partial charge in [-0.25, -0.2) is 0 Å². The Balaban J connectivity index is 1.57. The third-order valence-corrected chi connectivity index (χ3v) is 7.93. The van der Waals surface area contributed by atoms with E-state index < -0.39 is 17.7 Å². The maximum atomic E-state index is 13.7. The molecule has 0 bridgehead atoms. The van der Waals surface area contributed by atoms with Gasteiger partial charge < -0.3 is 0 Å². The van der Waals surface area contributed by atoms with Crippen LogP contribution in [0.4, 0.5) is 5.69 Å². The minimum Gasteiger partial charge on any atom is -0.289 e. The number of hydrogen-bond acceptors (Lipinski definition) is 4. The molecule has 4 aromatic rings. The summed E-state index contributed by atoms with van der Waals surface area (Å²) in [5.41, 5.74) is 1.20. The molecule has 0 saturated heterocycles. The first-order chi connectivity index (χ1) is 15.8. The smallest absolute Gasteiger partial charge is 0.271 e. The number of carbonyl (C=O) groups is 3. The number of benzene rings is 3. The molecule has 164 valence electrons. The second-order valence-corrected chi connectivity index (χ2v) is 10.4. The molecule has 0 N–H and O–H groups in total. The first-order valence-corrected chi connectivity index (χ1v) is 12.4. The average Bonchev–Trinajstić information content (AvgIpc) is 3.26. The van der Waals surface area contributed by atoms with E-state index in [1.165, 1.54) is 16.2 Å². The van der Waals surface area contributed by atoms with Crippen LogP contribution < -0.4 is 4.90 Å². The number of anilines is 1. The number of thiophene rings is 1. The Kier molecular flexibility index (Phi) is 5.90. The van der Waals surface area contributed by atoms with Gasteiger partial charge in [0.2, 0.25) is 0 Å². The molecule has 1 aliphatic heterocycles. The Bertz CT molecular complexity index is 1420. The number of nitrogens with zero attached hydrogens (tertiary/aromatic N) is 2. The van der Waals surface area contributed by atoms with Gasteiger partial charge in [0.05, 0.1) is 16.1 Å². The van der Waals surface area contributed by atoms with E-state index in [2.05, 4.69) is 22.6 Å². The van der Waals surface area contributed by atoms with Crippen molar-refractivity contribution >= 4 is 90.6 Å². The topological polar surface area (TPSA) is 57.7 Å². The molecule has 1 aromatic heterocycles. The van der Waals surface area contributed by atoms with Gasteiger partial charge in [0.15, 0.2) is 0 Å². The molecule has 33 heavy (non-hydrogen) atoms. The van der Waals surface area contributed by atoms with Crippen molar-refractivity contribution in [1.82, 2.24) is 4.90 Å². The Morgan fingerprint density at radius 3 is 2.21 bits per heavy atom. The lowest BCUT2D eigenvalue weighted by Crippen LogP contribution is -2.44. The summed E-state index contributed by atoms with van der Waals surface area (Å²) in [6.45, 7) is -0.239. The van der Waals surface area contributed by atoms with Crippen LogP contribution in [0.15, 0.2) is 66.7 Å². The maximum absolute atomic E-state index is 13.7. The lowest BCUT2D eigenvalue weighted by molar-refractivity contribution is 0.0650. The predicted octanol–water partition coefficient (Wildman–Crippen LogP) is 6.71. The second kappa shape index (κ2) is 8.72. The molecule has 3 amide bonds. The number of hydrogen-bond donors (Lipinski definition) is 0. The summed E-state index contributed by atoms with van der Waals surface area (Å²) in [4.78, 5) is 42.5. The summed E-state index contributed by atoms with van der Waals surface area (Å²) in [7, 11) is 0. The van der Waals surface area contributed by atoms with Crippen molar-refractivity contribution in [2.75, 3.05) is 11.6 Å². The van der Waals surface area contributed by atoms with Gasteiger partial charge in [0.1, 0.15) is 11.5 Å². The molecule has 0 atom stereocenters. The zero-order chi connectivity index (χ0) is 23.3. The molecule has 0 fully saturated rings. The fourth-order valence-electron chi connectivity index (χ4n) is 3.69. The lowest BCUT2D eigenvalue weighted by atomic mass is 10.1. The molecule has 0 aliphatic carbocycles. The Morgan fingerprint density at radius 2 is 1.58 bits per heavy atom. The number of rotatable bonds is 4. The van der Waals surface area contributed by atoms with Crippen LogP contribution in [0.3, 0.4) is 0 Å². The molecule has 1 aliphatic rings. The van der Waals surface area contributed by atoms with Crippen LogP contribution in [0, 0.1) is 3.57 Å². The summed E-state index contributed by atoms with van der Waals surface area (Å²) in [6.07, 6.45) is 0. The van der Waals surface area contributed by atoms with E-state index in [1.54, 1.807) is 54.6 Å². The predicted molar refractivity (Wildman–Crippen MR) is 140 cm³/mol. The minimum atomic E-state index is -0.437. The third-order valence-electron chi connectivity index (χ3n) is 5.33. The van der Waals surface area contributed by atoms with Gasteiger partial charge >= 0.3 is 0 Å². The van der Waals surface area contributed by atoms with Crippen molar-refractivity contribution in [1.29, 1.82) is 0 Å². The summed E-state index contributed by atoms with van der Waals surface area (Å²) < 4.78 is 1.76. The summed E-state index contributed by atoms with van der Waals surface area (Å²) >= 11 is 16.1. The molecule has 0 radical (unpaired) electrons. The van der Waals surface area contributed by atoms with E-state index in [1.807, 2.05) is 12.1 Å². The maximum Gasteiger partial charge on any atom is 0.271 e. The first-order valence-electron chi connectivity index (χ1n) is 9.75. The molecular weight excluding hydrogens is 594 g/mol. The Morgan fingerprint density at radius 1 is 0.939 bits per heavy atom. The van der Waals surface area contributed by atoms with Gasteiger partial charge in [0, 0.05) is 24.4 Å². The summed E-state index contributed by atoms with van der Waals surface area (Å²) in [6, 6.07) is 19.1. The number of carbonyl (C=O) groups excluding carboxylic acids is 3. The monoisotopic (exact) mass is 606 g/mol. The van der Waals surface area contributed by atoms with Gasteiger partial charge in [-0.05, 0) is 71.1 Å². The fourth-order valence-corrected chi connectivity index (χ4v) is 5.79. The van der Waals surface area contributed by atoms with E-state index in [0.717, 1.165) is 18.6 Å². The van der Waals surface area contributed by atoms with Gasteiger partial charge in [-0.2, -0.15) is 0 Å². The highest BCUT2D eigenvalue weighted by molar-refractivity contribution is 14.1. The van der Waals surface area contributed by atoms with E-state index in [4.69, 9.17) is 23.2 Å². The average molecular weight is 607 g/mol. The van der Waals surface area contributed by atoms with E-state index in [9.17, 15) is 14.4 Å². The van der Waals surface area contributed by atoms with Crippen molar-refractivity contribution in [2.45, 2.75) is 0 Å². The van der Waals surface area contributed by atoms with Crippen molar-refractivity contribution in [2.24, 2.45) is 0 Å². The van der Waals surface area contributed by atoms with Crippen LogP contribution in [0.2, 0.25) is 10.0 Å². The Hall–Kier alpha value is -2.46. The molecule has 0 spiro atoms. The standard InChI is InChI=1S/C24H13Cl2IN2O3S/c25-13-5-10-18-19(11-13)33-21(20(18)26)24(32)28(15-8-6-14(27)7-9-15)12-29-22(30)16-3-1-2-4-17(16)23(29)31/h1-11H,12H2. The van der Waals surface area contributed by atoms with Crippen LogP contribution in [-0.4, -0.2) is 29.3 Å². The van der Waals surface area contributed by atoms with E-state index in [-0.39, 0.29) is 6.67 Å². The number of imide groups is 1. The fraction of sp³-hybridized carbons (Fsp3) is 0.0417. The molecule has 3 aromatic carbocycles. The molecule has 5 rings (SSSR count). The zero-order valence-corrected chi connectivity index (χ0v) is 21.2. The van der Waals surface area contributed by atoms with Gasteiger partial charge in [-0.1, -0.05) is 41.4 Å². The molecule has 9 heteroatoms. The molecule has 0 saturated carbocycles. The van der Waals surface area contributed by atoms with Crippen LogP contribution in [0.1, 0.15) is 30.4 Å². The number of amides is 3. The minimum absolute atomic E-state index is 0.239. The van der Waals surface area contributed by atoms with E-state index >= 15 is 0 Å². The van der Waals surface area contributed by atoms with Gasteiger partial charge in [-0.15, -0.1) is 11.3 Å². The molecule has 0 unspecified atom stereocenters. The second-order valence-electron chi connectivity index (χ2n) is 7.32. The van der Waals surface area contributed by atoms with Gasteiger partial charge in [0.25, 0.3) is 17.7 Å². The highest BCUT2D eigenvalue weighted by Gasteiger charge is 2.38. The highest BCUT2D eigenvalue weighted by Crippen LogP contribution is 2.38. The zero-order valence-electron chi connectivity index (χ0n) is 16.7.